The molecule has 0 aliphatic carbocycles. The van der Waals surface area contributed by atoms with Crippen LogP contribution in [0.5, 0.6) is 0 Å². The van der Waals surface area contributed by atoms with Gasteiger partial charge in [-0.25, -0.2) is 0 Å². The highest BCUT2D eigenvalue weighted by atomic mass is 32.2. The van der Waals surface area contributed by atoms with Crippen LogP contribution in [0.25, 0.3) is 0 Å². The molecule has 0 bridgehead atoms. The van der Waals surface area contributed by atoms with Crippen LogP contribution in [0.4, 0.5) is 0 Å². The molecule has 0 atom stereocenters. The molecule has 3 fully saturated rings. The van der Waals surface area contributed by atoms with Crippen molar-refractivity contribution >= 4 is 38.0 Å². The van der Waals surface area contributed by atoms with Crippen LogP contribution < -0.4 is 0 Å². The highest BCUT2D eigenvalue weighted by molar-refractivity contribution is 8.01. The average Bonchev–Trinajstić information content (AvgIpc) is 2.41. The van der Waals surface area contributed by atoms with Gasteiger partial charge in [0.05, 0.1) is 0 Å². The van der Waals surface area contributed by atoms with Gasteiger partial charge in [-0.15, -0.1) is 0 Å². The van der Waals surface area contributed by atoms with E-state index in [1.54, 1.807) is 0 Å². The Kier molecular flexibility index (Phi) is 32.9. The van der Waals surface area contributed by atoms with Gasteiger partial charge in [0.25, 0.3) is 0 Å². The number of hydrogen-bond acceptors (Lipinski definition) is 3. The second-order valence-corrected chi connectivity index (χ2v) is 9.56. The standard InChI is InChI=1S/C4H8OS.C3H6OS.C3H6S.3C2H6.CH4/c1-6(5)3-2-4-6;4-5-2-1-3-5;1-2-4-3-1;3*1-2;/h1-4H2;1-3H2;1-3H2;3*1-2H3;1H4. The molecule has 0 unspecified atom stereocenters. The fourth-order valence-corrected chi connectivity index (χ4v) is 2.62. The van der Waals surface area contributed by atoms with E-state index >= 15 is 0 Å². The predicted molar refractivity (Wildman–Crippen MR) is 115 cm³/mol. The van der Waals surface area contributed by atoms with Gasteiger partial charge in [0.15, 0.2) is 0 Å². The van der Waals surface area contributed by atoms with E-state index in [9.17, 15) is 8.42 Å². The third-order valence-electron chi connectivity index (χ3n) is 2.35. The Morgan fingerprint density at radius 2 is 1.09 bits per heavy atom. The summed E-state index contributed by atoms with van der Waals surface area (Å²) in [4.78, 5) is 0. The molecule has 0 N–H and O–H groups in total. The number of thioether (sulfide) groups is 1. The van der Waals surface area contributed by atoms with Crippen LogP contribution in [-0.4, -0.2) is 48.8 Å². The Morgan fingerprint density at radius 3 is 1.09 bits per heavy atom. The summed E-state index contributed by atoms with van der Waals surface area (Å²) in [5, 5.41) is 0. The average molecular weight is 375 g/mol. The molecule has 0 spiro atoms. The molecule has 0 aromatic carbocycles. The summed E-state index contributed by atoms with van der Waals surface area (Å²) >= 11 is 2.04. The molecule has 0 saturated carbocycles. The van der Waals surface area contributed by atoms with E-state index in [0.29, 0.717) is 0 Å². The minimum atomic E-state index is -1.48. The fourth-order valence-electron chi connectivity index (χ4n) is 0.873. The predicted octanol–water partition coefficient (Wildman–Crippen LogP) is 5.08. The molecule has 3 aliphatic rings. The maximum atomic E-state index is 10.5. The zero-order valence-electron chi connectivity index (χ0n) is 15.1. The van der Waals surface area contributed by atoms with Crippen molar-refractivity contribution < 1.29 is 8.42 Å². The quantitative estimate of drug-likeness (QED) is 0.554. The van der Waals surface area contributed by atoms with E-state index in [-0.39, 0.29) is 7.43 Å². The minimum Gasteiger partial charge on any atom is -0.268 e. The maximum absolute atomic E-state index is 10.5. The van der Waals surface area contributed by atoms with Crippen LogP contribution >= 0.6 is 11.8 Å². The summed E-state index contributed by atoms with van der Waals surface area (Å²) in [6.07, 6.45) is 3.78. The number of hydrogen-bond donors (Lipinski definition) is 0. The molecule has 3 rings (SSSR count). The SMILES string of the molecule is C.C1CSC1.C=S1(=O)CCC1.CC.CC.CC.O=S1CCC1. The second kappa shape index (κ2) is 23.8. The molecule has 3 aliphatic heterocycles. The first kappa shape index (κ1) is 30.4. The third kappa shape index (κ3) is 22.8. The van der Waals surface area contributed by atoms with Crippen LogP contribution in [0, 0.1) is 0 Å². The van der Waals surface area contributed by atoms with Crippen LogP contribution in [0.2, 0.25) is 0 Å². The van der Waals surface area contributed by atoms with Gasteiger partial charge in [-0.3, -0.25) is 8.42 Å². The van der Waals surface area contributed by atoms with Crippen LogP contribution in [0.3, 0.4) is 0 Å². The lowest BCUT2D eigenvalue weighted by molar-refractivity contribution is 0.668. The van der Waals surface area contributed by atoms with Crippen molar-refractivity contribution in [2.24, 2.45) is 0 Å². The second-order valence-electron chi connectivity index (χ2n) is 3.90. The molecule has 0 amide bonds. The lowest BCUT2D eigenvalue weighted by Gasteiger charge is -2.16. The van der Waals surface area contributed by atoms with E-state index < -0.39 is 20.3 Å². The van der Waals surface area contributed by atoms with Gasteiger partial charge in [0.2, 0.25) is 0 Å². The van der Waals surface area contributed by atoms with E-state index in [2.05, 4.69) is 5.87 Å². The van der Waals surface area contributed by atoms with Crippen molar-refractivity contribution in [1.82, 2.24) is 0 Å². The van der Waals surface area contributed by atoms with Crippen molar-refractivity contribution in [3.8, 4) is 0 Å². The molecule has 0 aromatic heterocycles. The van der Waals surface area contributed by atoms with Crippen molar-refractivity contribution in [1.29, 1.82) is 0 Å². The topological polar surface area (TPSA) is 34.1 Å². The minimum absolute atomic E-state index is 0. The molecule has 22 heavy (non-hydrogen) atoms. The van der Waals surface area contributed by atoms with Crippen molar-refractivity contribution in [3.05, 3.63) is 0 Å². The lowest BCUT2D eigenvalue weighted by Crippen LogP contribution is -2.22. The molecule has 0 radical (unpaired) electrons. The van der Waals surface area contributed by atoms with Gasteiger partial charge in [-0.2, -0.15) is 11.8 Å². The van der Waals surface area contributed by atoms with E-state index in [4.69, 9.17) is 0 Å². The summed E-state index contributed by atoms with van der Waals surface area (Å²) in [7, 11) is -1.87. The molecule has 2 nitrogen and oxygen atoms in total. The summed E-state index contributed by atoms with van der Waals surface area (Å²) in [5.74, 6) is 9.99. The summed E-state index contributed by atoms with van der Waals surface area (Å²) < 4.78 is 20.5. The maximum Gasteiger partial charge on any atom is 0.0243 e. The third-order valence-corrected chi connectivity index (χ3v) is 7.06. The number of rotatable bonds is 0. The first-order chi connectivity index (χ1) is 10.1. The van der Waals surface area contributed by atoms with Gasteiger partial charge in [-0.1, -0.05) is 49.0 Å². The van der Waals surface area contributed by atoms with Crippen LogP contribution in [-0.2, 0) is 20.3 Å². The van der Waals surface area contributed by atoms with Crippen molar-refractivity contribution in [2.75, 3.05) is 34.5 Å². The molecule has 3 heterocycles. The fraction of sp³-hybridized carbons (Fsp3) is 0.941. The van der Waals surface area contributed by atoms with Gasteiger partial charge < -0.3 is 0 Å². The van der Waals surface area contributed by atoms with Gasteiger partial charge in [0, 0.05) is 33.8 Å². The largest absolute Gasteiger partial charge is 0.268 e. The summed E-state index contributed by atoms with van der Waals surface area (Å²) in [6, 6.07) is 0. The molecule has 3 saturated heterocycles. The van der Waals surface area contributed by atoms with Gasteiger partial charge >= 0.3 is 0 Å². The molecule has 5 heteroatoms. The Hall–Kier alpha value is 0.520. The van der Waals surface area contributed by atoms with Gasteiger partial charge in [-0.05, 0) is 46.2 Å². The first-order valence-electron chi connectivity index (χ1n) is 8.35. The van der Waals surface area contributed by atoms with Gasteiger partial charge in [0.1, 0.15) is 0 Å². The molecule has 0 aromatic rings. The van der Waals surface area contributed by atoms with Crippen molar-refractivity contribution in [2.45, 2.75) is 68.2 Å². The monoisotopic (exact) mass is 374 g/mol. The zero-order valence-corrected chi connectivity index (χ0v) is 17.6. The summed E-state index contributed by atoms with van der Waals surface area (Å²) in [5.41, 5.74) is 0. The molecular formula is C17H42O2S3. The Bertz CT molecular complexity index is 275. The Labute approximate surface area is 149 Å². The smallest absolute Gasteiger partial charge is 0.0243 e. The summed E-state index contributed by atoms with van der Waals surface area (Å²) in [6.45, 7) is 12.0. The van der Waals surface area contributed by atoms with E-state index in [0.717, 1.165) is 29.4 Å². The van der Waals surface area contributed by atoms with Crippen LogP contribution in [0.15, 0.2) is 0 Å². The highest BCUT2D eigenvalue weighted by Crippen LogP contribution is 2.14. The molecule has 140 valence electrons. The normalized spacial score (nSPS) is 18.8. The highest BCUT2D eigenvalue weighted by Gasteiger charge is 2.12. The Balaban J connectivity index is -0.0000000937. The van der Waals surface area contributed by atoms with Crippen molar-refractivity contribution in [3.63, 3.8) is 0 Å². The van der Waals surface area contributed by atoms with E-state index in [1.807, 2.05) is 53.3 Å². The first-order valence-corrected chi connectivity index (χ1v) is 13.1. The zero-order chi connectivity index (χ0) is 17.1. The Morgan fingerprint density at radius 1 is 0.864 bits per heavy atom. The van der Waals surface area contributed by atoms with E-state index in [1.165, 1.54) is 24.3 Å². The lowest BCUT2D eigenvalue weighted by atomic mass is 10.5. The van der Waals surface area contributed by atoms with Crippen LogP contribution in [0.1, 0.15) is 68.2 Å². The molecular weight excluding hydrogens is 332 g/mol.